The molecule has 0 bridgehead atoms. The minimum Gasteiger partial charge on any atom is -0.447 e. The SMILES string of the molecule is CSc1cnc(NC[C@H](C)CNc2nc3ccc(C(O)N4CCN5C(=O)OCC5(CO)C4)cc3s2)nc1. The molecule has 3 atom stereocenters. The molecule has 2 fully saturated rings. The molecule has 0 aliphatic carbocycles. The average molecular weight is 546 g/mol. The van der Waals surface area contributed by atoms with Crippen LogP contribution in [0.3, 0.4) is 0 Å². The summed E-state index contributed by atoms with van der Waals surface area (Å²) < 4.78 is 6.14. The van der Waals surface area contributed by atoms with Crippen molar-refractivity contribution in [3.8, 4) is 0 Å². The molecule has 2 saturated heterocycles. The third-order valence-corrected chi connectivity index (χ3v) is 8.45. The van der Waals surface area contributed by atoms with Gasteiger partial charge in [0.15, 0.2) is 5.13 Å². The monoisotopic (exact) mass is 545 g/mol. The van der Waals surface area contributed by atoms with Gasteiger partial charge in [-0.05, 0) is 29.9 Å². The van der Waals surface area contributed by atoms with Crippen molar-refractivity contribution < 1.29 is 19.7 Å². The van der Waals surface area contributed by atoms with E-state index in [2.05, 4.69) is 32.5 Å². The van der Waals surface area contributed by atoms with Crippen molar-refractivity contribution in [1.82, 2.24) is 24.8 Å². The first kappa shape index (κ1) is 25.9. The van der Waals surface area contributed by atoms with Crippen LogP contribution in [0.15, 0.2) is 35.5 Å². The summed E-state index contributed by atoms with van der Waals surface area (Å²) in [6.07, 6.45) is 4.35. The number of aliphatic hydroxyl groups is 2. The number of fused-ring (bicyclic) bond motifs is 2. The van der Waals surface area contributed by atoms with Crippen molar-refractivity contribution in [2.75, 3.05) is 62.8 Å². The number of carbonyl (C=O) groups is 1. The van der Waals surface area contributed by atoms with Gasteiger partial charge in [-0.3, -0.25) is 9.80 Å². The summed E-state index contributed by atoms with van der Waals surface area (Å²) in [5, 5.41) is 28.6. The van der Waals surface area contributed by atoms with Crippen LogP contribution in [0.1, 0.15) is 18.7 Å². The molecule has 1 aromatic carbocycles. The number of hydrogen-bond donors (Lipinski definition) is 4. The zero-order chi connectivity index (χ0) is 26.0. The molecule has 3 aromatic rings. The fourth-order valence-electron chi connectivity index (χ4n) is 4.58. The van der Waals surface area contributed by atoms with Crippen LogP contribution in [-0.2, 0) is 4.74 Å². The summed E-state index contributed by atoms with van der Waals surface area (Å²) in [5.41, 5.74) is 0.806. The summed E-state index contributed by atoms with van der Waals surface area (Å²) in [7, 11) is 0. The molecule has 37 heavy (non-hydrogen) atoms. The Kier molecular flexibility index (Phi) is 7.67. The standard InChI is InChI=1S/C24H31N7O4S2/c1-15(8-25-21-26-10-17(36-2)11-27-21)9-28-22-29-18-4-3-16(7-19(18)37-22)20(33)30-5-6-31-23(34)35-14-24(31,12-30)13-32/h3-4,7,10-11,15,20,32-33H,5-6,8-9,12-14H2,1-2H3,(H,28,29)(H,25,26,27)/t15-,20?,24?/m0/s1. The number of benzene rings is 1. The van der Waals surface area contributed by atoms with E-state index in [1.807, 2.05) is 41.7 Å². The molecule has 198 valence electrons. The number of thiazole rings is 1. The third kappa shape index (κ3) is 5.46. The van der Waals surface area contributed by atoms with Crippen molar-refractivity contribution in [1.29, 1.82) is 0 Å². The van der Waals surface area contributed by atoms with Gasteiger partial charge in [0.1, 0.15) is 18.4 Å². The Balaban J connectivity index is 1.18. The second-order valence-electron chi connectivity index (χ2n) is 9.49. The number of piperazine rings is 1. The van der Waals surface area contributed by atoms with Gasteiger partial charge < -0.3 is 25.6 Å². The van der Waals surface area contributed by atoms with Crippen molar-refractivity contribution in [2.24, 2.45) is 5.92 Å². The number of ether oxygens (including phenoxy) is 1. The predicted molar refractivity (Wildman–Crippen MR) is 144 cm³/mol. The van der Waals surface area contributed by atoms with Gasteiger partial charge in [-0.15, -0.1) is 11.8 Å². The van der Waals surface area contributed by atoms with Gasteiger partial charge in [0.05, 0.1) is 16.8 Å². The van der Waals surface area contributed by atoms with E-state index >= 15 is 0 Å². The first-order chi connectivity index (χ1) is 17.9. The number of cyclic esters (lactones) is 1. The fraction of sp³-hybridized carbons (Fsp3) is 0.500. The Morgan fingerprint density at radius 3 is 2.78 bits per heavy atom. The maximum Gasteiger partial charge on any atom is 0.410 e. The summed E-state index contributed by atoms with van der Waals surface area (Å²) in [6.45, 7) is 4.74. The number of rotatable bonds is 10. The highest BCUT2D eigenvalue weighted by atomic mass is 32.2. The lowest BCUT2D eigenvalue weighted by molar-refractivity contribution is -0.0710. The van der Waals surface area contributed by atoms with Crippen molar-refractivity contribution in [3.63, 3.8) is 0 Å². The molecule has 0 radical (unpaired) electrons. The molecule has 4 N–H and O–H groups in total. The minimum atomic E-state index is -0.859. The Hall–Kier alpha value is -2.71. The normalized spacial score (nSPS) is 21.5. The smallest absolute Gasteiger partial charge is 0.410 e. The molecular formula is C24H31N7O4S2. The molecule has 11 nitrogen and oxygen atoms in total. The quantitative estimate of drug-likeness (QED) is 0.280. The predicted octanol–water partition coefficient (Wildman–Crippen LogP) is 2.46. The van der Waals surface area contributed by atoms with Gasteiger partial charge >= 0.3 is 6.09 Å². The second-order valence-corrected chi connectivity index (χ2v) is 11.4. The molecule has 4 heterocycles. The van der Waals surface area contributed by atoms with E-state index in [0.29, 0.717) is 31.5 Å². The van der Waals surface area contributed by atoms with Crippen molar-refractivity contribution in [2.45, 2.75) is 23.6 Å². The van der Waals surface area contributed by atoms with Crippen LogP contribution in [0.4, 0.5) is 15.9 Å². The summed E-state index contributed by atoms with van der Waals surface area (Å²) in [4.78, 5) is 29.8. The maximum absolute atomic E-state index is 12.0. The minimum absolute atomic E-state index is 0.125. The second kappa shape index (κ2) is 11.0. The Bertz CT molecular complexity index is 1240. The highest BCUT2D eigenvalue weighted by Gasteiger charge is 2.51. The molecule has 13 heteroatoms. The summed E-state index contributed by atoms with van der Waals surface area (Å²) in [6, 6.07) is 5.74. The Morgan fingerprint density at radius 2 is 2.03 bits per heavy atom. The van der Waals surface area contributed by atoms with Gasteiger partial charge in [0.25, 0.3) is 0 Å². The van der Waals surface area contributed by atoms with Crippen LogP contribution in [0, 0.1) is 5.92 Å². The zero-order valence-electron chi connectivity index (χ0n) is 20.8. The van der Waals surface area contributed by atoms with E-state index in [1.54, 1.807) is 28.0 Å². The highest BCUT2D eigenvalue weighted by molar-refractivity contribution is 7.98. The van der Waals surface area contributed by atoms with Crippen LogP contribution < -0.4 is 10.6 Å². The Labute approximate surface area is 223 Å². The van der Waals surface area contributed by atoms with Crippen LogP contribution in [0.5, 0.6) is 0 Å². The number of nitrogens with one attached hydrogen (secondary N) is 2. The van der Waals surface area contributed by atoms with E-state index in [9.17, 15) is 15.0 Å². The lowest BCUT2D eigenvalue weighted by Crippen LogP contribution is -2.63. The number of nitrogens with zero attached hydrogens (tertiary/aromatic N) is 5. The van der Waals surface area contributed by atoms with Crippen LogP contribution in [0.2, 0.25) is 0 Å². The number of aromatic nitrogens is 3. The number of hydrogen-bond acceptors (Lipinski definition) is 12. The van der Waals surface area contributed by atoms with Gasteiger partial charge in [-0.25, -0.2) is 19.7 Å². The zero-order valence-corrected chi connectivity index (χ0v) is 22.4. The number of thioether (sulfide) groups is 1. The van der Waals surface area contributed by atoms with Crippen LogP contribution in [0.25, 0.3) is 10.2 Å². The lowest BCUT2D eigenvalue weighted by atomic mass is 9.96. The maximum atomic E-state index is 12.0. The van der Waals surface area contributed by atoms with Crippen LogP contribution >= 0.6 is 23.1 Å². The van der Waals surface area contributed by atoms with Crippen LogP contribution in [-0.4, -0.2) is 98.8 Å². The molecule has 2 aliphatic rings. The molecule has 2 aromatic heterocycles. The number of amides is 1. The van der Waals surface area contributed by atoms with Crippen molar-refractivity contribution in [3.05, 3.63) is 36.2 Å². The van der Waals surface area contributed by atoms with Gasteiger partial charge in [-0.1, -0.05) is 24.3 Å². The average Bonchev–Trinajstić information content (AvgIpc) is 3.50. The van der Waals surface area contributed by atoms with E-state index in [4.69, 9.17) is 4.74 Å². The molecular weight excluding hydrogens is 514 g/mol. The lowest BCUT2D eigenvalue weighted by Gasteiger charge is -2.45. The topological polar surface area (TPSA) is 136 Å². The van der Waals surface area contributed by atoms with E-state index < -0.39 is 17.9 Å². The summed E-state index contributed by atoms with van der Waals surface area (Å²) >= 11 is 3.15. The molecule has 2 unspecified atom stereocenters. The summed E-state index contributed by atoms with van der Waals surface area (Å²) in [5.74, 6) is 0.936. The first-order valence-electron chi connectivity index (χ1n) is 12.1. The molecule has 1 amide bonds. The molecule has 5 rings (SSSR count). The molecule has 2 aliphatic heterocycles. The van der Waals surface area contributed by atoms with E-state index in [1.165, 1.54) is 0 Å². The number of anilines is 2. The molecule has 0 saturated carbocycles. The number of carbonyl (C=O) groups excluding carboxylic acids is 1. The van der Waals surface area contributed by atoms with Gasteiger partial charge in [0.2, 0.25) is 5.95 Å². The van der Waals surface area contributed by atoms with Gasteiger partial charge in [-0.2, -0.15) is 0 Å². The van der Waals surface area contributed by atoms with Crippen molar-refractivity contribution >= 4 is 50.5 Å². The largest absolute Gasteiger partial charge is 0.447 e. The van der Waals surface area contributed by atoms with E-state index in [0.717, 1.165) is 38.9 Å². The highest BCUT2D eigenvalue weighted by Crippen LogP contribution is 2.34. The van der Waals surface area contributed by atoms with Gasteiger partial charge in [0, 0.05) is 50.0 Å². The van der Waals surface area contributed by atoms with E-state index in [-0.39, 0.29) is 13.2 Å². The molecule has 0 spiro atoms. The first-order valence-corrected chi connectivity index (χ1v) is 14.2. The number of aliphatic hydroxyl groups excluding tert-OH is 2. The Morgan fingerprint density at radius 1 is 1.24 bits per heavy atom. The third-order valence-electron chi connectivity index (χ3n) is 6.79. The fourth-order valence-corrected chi connectivity index (χ4v) is 5.82.